The average molecular weight is 204 g/mol. The zero-order valence-electron chi connectivity index (χ0n) is 8.92. The summed E-state index contributed by atoms with van der Waals surface area (Å²) in [7, 11) is 0. The third kappa shape index (κ3) is 3.46. The SMILES string of the molecule is C=Cc1cc(C)ccc1NCCC(N)=O. The van der Waals surface area contributed by atoms with Gasteiger partial charge in [0.05, 0.1) is 0 Å². The van der Waals surface area contributed by atoms with Gasteiger partial charge in [-0.05, 0) is 24.6 Å². The van der Waals surface area contributed by atoms with Gasteiger partial charge in [-0.15, -0.1) is 0 Å². The van der Waals surface area contributed by atoms with Crippen LogP contribution in [-0.2, 0) is 4.79 Å². The fourth-order valence-corrected chi connectivity index (χ4v) is 1.33. The van der Waals surface area contributed by atoms with Crippen molar-refractivity contribution in [2.75, 3.05) is 11.9 Å². The van der Waals surface area contributed by atoms with E-state index in [2.05, 4.69) is 11.9 Å². The summed E-state index contributed by atoms with van der Waals surface area (Å²) in [4.78, 5) is 10.6. The van der Waals surface area contributed by atoms with E-state index in [1.54, 1.807) is 6.08 Å². The highest BCUT2D eigenvalue weighted by atomic mass is 16.1. The summed E-state index contributed by atoms with van der Waals surface area (Å²) in [5, 5.41) is 3.15. The first-order valence-electron chi connectivity index (χ1n) is 4.88. The van der Waals surface area contributed by atoms with Gasteiger partial charge in [0.25, 0.3) is 0 Å². The Morgan fingerprint density at radius 2 is 2.33 bits per heavy atom. The summed E-state index contributed by atoms with van der Waals surface area (Å²) in [6, 6.07) is 6.03. The first-order valence-corrected chi connectivity index (χ1v) is 4.88. The molecule has 0 spiro atoms. The number of amides is 1. The van der Waals surface area contributed by atoms with Crippen LogP contribution in [0.15, 0.2) is 24.8 Å². The molecular formula is C12H16N2O. The Morgan fingerprint density at radius 1 is 1.60 bits per heavy atom. The lowest BCUT2D eigenvalue weighted by Crippen LogP contribution is -2.16. The highest BCUT2D eigenvalue weighted by molar-refractivity contribution is 5.74. The second-order valence-corrected chi connectivity index (χ2v) is 3.44. The largest absolute Gasteiger partial charge is 0.384 e. The molecule has 1 aromatic rings. The van der Waals surface area contributed by atoms with Gasteiger partial charge in [0.2, 0.25) is 5.91 Å². The fraction of sp³-hybridized carbons (Fsp3) is 0.250. The molecule has 0 aliphatic rings. The van der Waals surface area contributed by atoms with Crippen LogP contribution in [0.4, 0.5) is 5.69 Å². The number of aryl methyl sites for hydroxylation is 1. The molecule has 15 heavy (non-hydrogen) atoms. The van der Waals surface area contributed by atoms with Crippen LogP contribution in [0.1, 0.15) is 17.5 Å². The molecule has 3 heteroatoms. The maximum atomic E-state index is 10.6. The van der Waals surface area contributed by atoms with Crippen molar-refractivity contribution in [2.24, 2.45) is 5.73 Å². The monoisotopic (exact) mass is 204 g/mol. The number of carbonyl (C=O) groups is 1. The molecule has 3 N–H and O–H groups in total. The average Bonchev–Trinajstić information content (AvgIpc) is 2.19. The number of primary amides is 1. The molecule has 0 saturated heterocycles. The Labute approximate surface area is 90.0 Å². The topological polar surface area (TPSA) is 55.1 Å². The molecule has 0 atom stereocenters. The molecule has 0 heterocycles. The molecule has 1 rings (SSSR count). The number of nitrogens with one attached hydrogen (secondary N) is 1. The highest BCUT2D eigenvalue weighted by Gasteiger charge is 1.99. The second-order valence-electron chi connectivity index (χ2n) is 3.44. The van der Waals surface area contributed by atoms with Gasteiger partial charge in [0, 0.05) is 18.7 Å². The van der Waals surface area contributed by atoms with E-state index in [-0.39, 0.29) is 5.91 Å². The third-order valence-corrected chi connectivity index (χ3v) is 2.11. The minimum absolute atomic E-state index is 0.297. The molecule has 0 aromatic heterocycles. The quantitative estimate of drug-likeness (QED) is 0.770. The van der Waals surface area contributed by atoms with Crippen LogP contribution in [0.3, 0.4) is 0 Å². The first kappa shape index (κ1) is 11.3. The van der Waals surface area contributed by atoms with Gasteiger partial charge in [0.15, 0.2) is 0 Å². The molecule has 0 aliphatic carbocycles. The maximum Gasteiger partial charge on any atom is 0.219 e. The van der Waals surface area contributed by atoms with Crippen molar-refractivity contribution in [2.45, 2.75) is 13.3 Å². The third-order valence-electron chi connectivity index (χ3n) is 2.11. The summed E-state index contributed by atoms with van der Waals surface area (Å²) >= 11 is 0. The van der Waals surface area contributed by atoms with Crippen molar-refractivity contribution in [3.05, 3.63) is 35.9 Å². The Kier molecular flexibility index (Phi) is 3.92. The van der Waals surface area contributed by atoms with Gasteiger partial charge in [-0.25, -0.2) is 0 Å². The van der Waals surface area contributed by atoms with Crippen LogP contribution in [0.5, 0.6) is 0 Å². The Balaban J connectivity index is 2.67. The van der Waals surface area contributed by atoms with Gasteiger partial charge in [-0.1, -0.05) is 24.3 Å². The number of benzene rings is 1. The molecule has 0 saturated carbocycles. The Bertz CT molecular complexity index is 372. The van der Waals surface area contributed by atoms with Gasteiger partial charge >= 0.3 is 0 Å². The van der Waals surface area contributed by atoms with E-state index in [0.717, 1.165) is 11.3 Å². The molecule has 1 amide bonds. The predicted molar refractivity (Wildman–Crippen MR) is 63.6 cm³/mol. The normalized spacial score (nSPS) is 9.67. The number of carbonyl (C=O) groups excluding carboxylic acids is 1. The molecule has 0 radical (unpaired) electrons. The molecule has 80 valence electrons. The van der Waals surface area contributed by atoms with Crippen molar-refractivity contribution in [3.63, 3.8) is 0 Å². The highest BCUT2D eigenvalue weighted by Crippen LogP contribution is 2.18. The maximum absolute atomic E-state index is 10.6. The molecule has 0 bridgehead atoms. The van der Waals surface area contributed by atoms with E-state index in [1.165, 1.54) is 5.56 Å². The number of hydrogen-bond acceptors (Lipinski definition) is 2. The second kappa shape index (κ2) is 5.20. The van der Waals surface area contributed by atoms with E-state index in [1.807, 2.05) is 25.1 Å². The smallest absolute Gasteiger partial charge is 0.219 e. The van der Waals surface area contributed by atoms with Crippen molar-refractivity contribution in [1.29, 1.82) is 0 Å². The lowest BCUT2D eigenvalue weighted by molar-refractivity contribution is -0.117. The van der Waals surface area contributed by atoms with Gasteiger partial charge in [-0.2, -0.15) is 0 Å². The van der Waals surface area contributed by atoms with Crippen LogP contribution in [-0.4, -0.2) is 12.5 Å². The van der Waals surface area contributed by atoms with E-state index in [0.29, 0.717) is 13.0 Å². The fourth-order valence-electron chi connectivity index (χ4n) is 1.33. The molecule has 3 nitrogen and oxygen atoms in total. The van der Waals surface area contributed by atoms with Crippen LogP contribution in [0.2, 0.25) is 0 Å². The van der Waals surface area contributed by atoms with Crippen molar-refractivity contribution in [1.82, 2.24) is 0 Å². The lowest BCUT2D eigenvalue weighted by atomic mass is 10.1. The van der Waals surface area contributed by atoms with E-state index < -0.39 is 0 Å². The minimum atomic E-state index is -0.297. The zero-order chi connectivity index (χ0) is 11.3. The predicted octanol–water partition coefficient (Wildman–Crippen LogP) is 1.93. The summed E-state index contributed by atoms with van der Waals surface area (Å²) in [5.74, 6) is -0.297. The first-order chi connectivity index (χ1) is 7.13. The summed E-state index contributed by atoms with van der Waals surface area (Å²) in [6.45, 7) is 6.33. The molecule has 0 unspecified atom stereocenters. The number of hydrogen-bond donors (Lipinski definition) is 2. The Morgan fingerprint density at radius 3 is 2.93 bits per heavy atom. The summed E-state index contributed by atoms with van der Waals surface area (Å²) in [5.41, 5.74) is 8.26. The van der Waals surface area contributed by atoms with Crippen LogP contribution < -0.4 is 11.1 Å². The molecule has 1 aromatic carbocycles. The van der Waals surface area contributed by atoms with E-state index in [4.69, 9.17) is 5.73 Å². The Hall–Kier alpha value is -1.77. The van der Waals surface area contributed by atoms with Crippen LogP contribution in [0.25, 0.3) is 6.08 Å². The van der Waals surface area contributed by atoms with Crippen LogP contribution in [0, 0.1) is 6.92 Å². The molecule has 0 aliphatic heterocycles. The van der Waals surface area contributed by atoms with Crippen molar-refractivity contribution >= 4 is 17.7 Å². The van der Waals surface area contributed by atoms with Crippen molar-refractivity contribution in [3.8, 4) is 0 Å². The van der Waals surface area contributed by atoms with Crippen molar-refractivity contribution < 1.29 is 4.79 Å². The van der Waals surface area contributed by atoms with Gasteiger partial charge in [-0.3, -0.25) is 4.79 Å². The number of rotatable bonds is 5. The molecule has 0 fully saturated rings. The summed E-state index contributed by atoms with van der Waals surface area (Å²) in [6.07, 6.45) is 2.13. The zero-order valence-corrected chi connectivity index (χ0v) is 8.92. The number of anilines is 1. The lowest BCUT2D eigenvalue weighted by Gasteiger charge is -2.09. The number of nitrogens with two attached hydrogens (primary N) is 1. The van der Waals surface area contributed by atoms with E-state index >= 15 is 0 Å². The minimum Gasteiger partial charge on any atom is -0.384 e. The summed E-state index contributed by atoms with van der Waals surface area (Å²) < 4.78 is 0. The van der Waals surface area contributed by atoms with Crippen LogP contribution >= 0.6 is 0 Å². The van der Waals surface area contributed by atoms with E-state index in [9.17, 15) is 4.79 Å². The van der Waals surface area contributed by atoms with Gasteiger partial charge < -0.3 is 11.1 Å². The molecular weight excluding hydrogens is 188 g/mol. The standard InChI is InChI=1S/C12H16N2O/c1-3-10-8-9(2)4-5-11(10)14-7-6-12(13)15/h3-5,8,14H,1,6-7H2,2H3,(H2,13,15). The van der Waals surface area contributed by atoms with Gasteiger partial charge in [0.1, 0.15) is 0 Å².